The fourth-order valence-electron chi connectivity index (χ4n) is 4.10. The van der Waals surface area contributed by atoms with Crippen molar-refractivity contribution >= 4 is 23.4 Å². The zero-order valence-electron chi connectivity index (χ0n) is 20.8. The monoisotopic (exact) mass is 490 g/mol. The van der Waals surface area contributed by atoms with Crippen molar-refractivity contribution in [2.75, 3.05) is 0 Å². The smallest absolute Gasteiger partial charge is 0.243 e. The van der Waals surface area contributed by atoms with Gasteiger partial charge >= 0.3 is 0 Å². The maximum absolute atomic E-state index is 13.7. The molecule has 3 rings (SSSR count). The summed E-state index contributed by atoms with van der Waals surface area (Å²) in [6, 6.07) is 25.0. The Morgan fingerprint density at radius 3 is 2.14 bits per heavy atom. The Labute approximate surface area is 214 Å². The van der Waals surface area contributed by atoms with Gasteiger partial charge < -0.3 is 10.2 Å². The molecular formula is C30H35ClN2O2. The second kappa shape index (κ2) is 13.1. The highest BCUT2D eigenvalue weighted by Gasteiger charge is 2.30. The van der Waals surface area contributed by atoms with Crippen LogP contribution in [0.1, 0.15) is 49.4 Å². The van der Waals surface area contributed by atoms with Gasteiger partial charge in [-0.15, -0.1) is 0 Å². The van der Waals surface area contributed by atoms with Gasteiger partial charge in [-0.25, -0.2) is 0 Å². The van der Waals surface area contributed by atoms with E-state index in [0.717, 1.165) is 23.1 Å². The van der Waals surface area contributed by atoms with Crippen molar-refractivity contribution in [3.05, 3.63) is 106 Å². The first-order chi connectivity index (χ1) is 16.9. The molecule has 0 aliphatic heterocycles. The molecule has 0 heterocycles. The Balaban J connectivity index is 1.88. The van der Waals surface area contributed by atoms with Crippen molar-refractivity contribution in [1.82, 2.24) is 10.2 Å². The van der Waals surface area contributed by atoms with Crippen LogP contribution in [-0.2, 0) is 35.4 Å². The van der Waals surface area contributed by atoms with Crippen LogP contribution in [0.4, 0.5) is 0 Å². The minimum Gasteiger partial charge on any atom is -0.352 e. The highest BCUT2D eigenvalue weighted by molar-refractivity contribution is 6.30. The topological polar surface area (TPSA) is 49.4 Å². The van der Waals surface area contributed by atoms with E-state index in [4.69, 9.17) is 11.6 Å². The van der Waals surface area contributed by atoms with Gasteiger partial charge in [0.15, 0.2) is 0 Å². The van der Waals surface area contributed by atoms with E-state index in [1.807, 2.05) is 68.4 Å². The van der Waals surface area contributed by atoms with Crippen molar-refractivity contribution < 1.29 is 9.59 Å². The van der Waals surface area contributed by atoms with Crippen LogP contribution in [0.3, 0.4) is 0 Å². The Hall–Kier alpha value is -3.11. The molecule has 4 nitrogen and oxygen atoms in total. The second-order valence-corrected chi connectivity index (χ2v) is 9.63. The molecule has 0 saturated carbocycles. The predicted octanol–water partition coefficient (Wildman–Crippen LogP) is 6.00. The van der Waals surface area contributed by atoms with E-state index in [0.29, 0.717) is 30.8 Å². The summed E-state index contributed by atoms with van der Waals surface area (Å²) in [6.45, 7) is 6.31. The maximum atomic E-state index is 13.7. The number of carbonyl (C=O) groups excluding carboxylic acids is 2. The summed E-state index contributed by atoms with van der Waals surface area (Å²) in [6.07, 6.45) is 2.38. The van der Waals surface area contributed by atoms with Gasteiger partial charge in [0, 0.05) is 30.5 Å². The van der Waals surface area contributed by atoms with E-state index in [9.17, 15) is 9.59 Å². The van der Waals surface area contributed by atoms with Gasteiger partial charge in [-0.1, -0.05) is 85.3 Å². The number of carbonyl (C=O) groups is 2. The van der Waals surface area contributed by atoms with E-state index < -0.39 is 6.04 Å². The van der Waals surface area contributed by atoms with Crippen molar-refractivity contribution in [2.24, 2.45) is 0 Å². The average molecular weight is 491 g/mol. The molecule has 0 saturated heterocycles. The van der Waals surface area contributed by atoms with Gasteiger partial charge in [0.1, 0.15) is 6.04 Å². The van der Waals surface area contributed by atoms with Crippen LogP contribution >= 0.6 is 11.6 Å². The summed E-state index contributed by atoms with van der Waals surface area (Å²) in [4.78, 5) is 28.8. The lowest BCUT2D eigenvalue weighted by Gasteiger charge is -2.32. The van der Waals surface area contributed by atoms with E-state index in [1.54, 1.807) is 4.90 Å². The molecule has 2 amide bonds. The molecule has 1 N–H and O–H groups in total. The Bertz CT molecular complexity index is 1100. The number of amides is 2. The maximum Gasteiger partial charge on any atom is 0.243 e. The summed E-state index contributed by atoms with van der Waals surface area (Å²) >= 11 is 6.23. The first-order valence-corrected chi connectivity index (χ1v) is 12.7. The Morgan fingerprint density at radius 2 is 1.51 bits per heavy atom. The van der Waals surface area contributed by atoms with Crippen LogP contribution in [0.2, 0.25) is 5.02 Å². The van der Waals surface area contributed by atoms with E-state index in [2.05, 4.69) is 36.5 Å². The highest BCUT2D eigenvalue weighted by Crippen LogP contribution is 2.19. The number of benzene rings is 3. The molecule has 3 aromatic carbocycles. The zero-order chi connectivity index (χ0) is 25.2. The number of halogens is 1. The van der Waals surface area contributed by atoms with Crippen LogP contribution < -0.4 is 5.32 Å². The first kappa shape index (κ1) is 26.5. The molecule has 3 aromatic rings. The molecule has 0 aliphatic carbocycles. The van der Waals surface area contributed by atoms with Crippen molar-refractivity contribution in [3.63, 3.8) is 0 Å². The van der Waals surface area contributed by atoms with Gasteiger partial charge in [-0.05, 0) is 61.1 Å². The molecule has 184 valence electrons. The normalized spacial score (nSPS) is 11.8. The summed E-state index contributed by atoms with van der Waals surface area (Å²) in [5.74, 6) is -0.198. The lowest BCUT2D eigenvalue weighted by Crippen LogP contribution is -2.51. The van der Waals surface area contributed by atoms with Gasteiger partial charge in [0.25, 0.3) is 0 Å². The van der Waals surface area contributed by atoms with Gasteiger partial charge in [0.05, 0.1) is 0 Å². The third-order valence-electron chi connectivity index (χ3n) is 6.00. The van der Waals surface area contributed by atoms with E-state index in [1.165, 1.54) is 5.56 Å². The highest BCUT2D eigenvalue weighted by atomic mass is 35.5. The third kappa shape index (κ3) is 8.25. The largest absolute Gasteiger partial charge is 0.352 e. The second-order valence-electron chi connectivity index (χ2n) is 9.19. The zero-order valence-corrected chi connectivity index (χ0v) is 21.6. The van der Waals surface area contributed by atoms with Crippen molar-refractivity contribution in [1.29, 1.82) is 0 Å². The Morgan fingerprint density at radius 1 is 0.857 bits per heavy atom. The third-order valence-corrected chi connectivity index (χ3v) is 6.24. The minimum atomic E-state index is -0.631. The lowest BCUT2D eigenvalue weighted by molar-refractivity contribution is -0.141. The summed E-state index contributed by atoms with van der Waals surface area (Å²) in [5.41, 5.74) is 4.30. The number of hydrogen-bond acceptors (Lipinski definition) is 2. The quantitative estimate of drug-likeness (QED) is 0.358. The molecule has 0 radical (unpaired) electrons. The van der Waals surface area contributed by atoms with Crippen molar-refractivity contribution in [3.8, 4) is 0 Å². The standard InChI is InChI=1S/C30H35ClN2O2/c1-4-23-13-15-24(16-14-23)17-18-29(34)33(21-26-11-8-12-27(31)19-26)28(30(35)32-22(2)3)20-25-9-6-5-7-10-25/h5-16,19,22,28H,4,17-18,20-21H2,1-3H3,(H,32,35)/t28-/m0/s1. The fourth-order valence-corrected chi connectivity index (χ4v) is 4.32. The summed E-state index contributed by atoms with van der Waals surface area (Å²) in [7, 11) is 0. The van der Waals surface area contributed by atoms with Crippen LogP contribution in [0.5, 0.6) is 0 Å². The van der Waals surface area contributed by atoms with E-state index >= 15 is 0 Å². The van der Waals surface area contributed by atoms with Crippen molar-refractivity contribution in [2.45, 2.75) is 65.1 Å². The molecule has 1 atom stereocenters. The molecule has 0 aromatic heterocycles. The Kier molecular flexibility index (Phi) is 9.92. The number of aryl methyl sites for hydroxylation is 2. The SMILES string of the molecule is CCc1ccc(CCC(=O)N(Cc2cccc(Cl)c2)[C@@H](Cc2ccccc2)C(=O)NC(C)C)cc1. The van der Waals surface area contributed by atoms with E-state index in [-0.39, 0.29) is 17.9 Å². The van der Waals surface area contributed by atoms with Crippen LogP contribution in [0.15, 0.2) is 78.9 Å². The molecule has 35 heavy (non-hydrogen) atoms. The summed E-state index contributed by atoms with van der Waals surface area (Å²) < 4.78 is 0. The number of nitrogens with one attached hydrogen (secondary N) is 1. The number of nitrogens with zero attached hydrogens (tertiary/aromatic N) is 1. The molecule has 0 aliphatic rings. The molecule has 0 spiro atoms. The van der Waals surface area contributed by atoms with Gasteiger partial charge in [0.2, 0.25) is 11.8 Å². The number of hydrogen-bond donors (Lipinski definition) is 1. The molecule has 0 unspecified atom stereocenters. The van der Waals surface area contributed by atoms with Gasteiger partial charge in [-0.3, -0.25) is 9.59 Å². The number of rotatable bonds is 11. The molecule has 0 fully saturated rings. The molecule has 5 heteroatoms. The molecular weight excluding hydrogens is 456 g/mol. The molecule has 0 bridgehead atoms. The minimum absolute atomic E-state index is 0.0269. The van der Waals surface area contributed by atoms with Crippen LogP contribution in [0, 0.1) is 0 Å². The summed E-state index contributed by atoms with van der Waals surface area (Å²) in [5, 5.41) is 3.63. The van der Waals surface area contributed by atoms with Gasteiger partial charge in [-0.2, -0.15) is 0 Å². The lowest BCUT2D eigenvalue weighted by atomic mass is 10.0. The first-order valence-electron chi connectivity index (χ1n) is 12.3. The van der Waals surface area contributed by atoms with Crippen LogP contribution in [0.25, 0.3) is 0 Å². The predicted molar refractivity (Wildman–Crippen MR) is 143 cm³/mol. The fraction of sp³-hybridized carbons (Fsp3) is 0.333. The average Bonchev–Trinajstić information content (AvgIpc) is 2.85. The van der Waals surface area contributed by atoms with Crippen LogP contribution in [-0.4, -0.2) is 28.8 Å².